The Morgan fingerprint density at radius 3 is 2.57 bits per heavy atom. The summed E-state index contributed by atoms with van der Waals surface area (Å²) in [5.41, 5.74) is 8.10. The second-order valence-corrected chi connectivity index (χ2v) is 9.39. The van der Waals surface area contributed by atoms with Gasteiger partial charge in [-0.25, -0.2) is 13.6 Å². The number of nitrogens with two attached hydrogens (primary N) is 1. The number of carbonyl (C=O) groups excluding carboxylic acids is 2. The Morgan fingerprint density at radius 1 is 1.24 bits per heavy atom. The third kappa shape index (κ3) is 5.65. The normalized spacial score (nSPS) is 20.1. The lowest BCUT2D eigenvalue weighted by molar-refractivity contribution is 0.0706. The molecule has 12 heteroatoms. The zero-order chi connectivity index (χ0) is 26.9. The van der Waals surface area contributed by atoms with Crippen LogP contribution in [0, 0.1) is 11.6 Å². The van der Waals surface area contributed by atoms with Crippen LogP contribution in [0.25, 0.3) is 0 Å². The minimum atomic E-state index is -0.730. The molecule has 196 valence electrons. The number of halogens is 4. The lowest BCUT2D eigenvalue weighted by atomic mass is 9.91. The molecule has 1 fully saturated rings. The van der Waals surface area contributed by atoms with Crippen molar-refractivity contribution in [1.29, 1.82) is 0 Å². The third-order valence-corrected chi connectivity index (χ3v) is 6.79. The summed E-state index contributed by atoms with van der Waals surface area (Å²) >= 11 is 12.8. The van der Waals surface area contributed by atoms with Gasteiger partial charge in [0.15, 0.2) is 6.10 Å². The summed E-state index contributed by atoms with van der Waals surface area (Å²) in [6.45, 7) is 2.29. The highest BCUT2D eigenvalue weighted by Crippen LogP contribution is 2.35. The number of nitrogens with one attached hydrogen (secondary N) is 1. The van der Waals surface area contributed by atoms with Gasteiger partial charge in [0, 0.05) is 47.6 Å². The van der Waals surface area contributed by atoms with E-state index in [-0.39, 0.29) is 46.6 Å². The molecule has 3 N–H and O–H groups in total. The van der Waals surface area contributed by atoms with Crippen molar-refractivity contribution in [2.24, 2.45) is 10.7 Å². The minimum Gasteiger partial charge on any atom is -0.488 e. The molecule has 37 heavy (non-hydrogen) atoms. The molecule has 2 aliphatic heterocycles. The fraction of sp³-hybridized carbons (Fsp3) is 0.320. The van der Waals surface area contributed by atoms with Crippen LogP contribution in [0.1, 0.15) is 29.3 Å². The standard InChI is InChI=1S/C25H24Cl2F2N4O4/c1-12-22(30)18(23(31-2)13-5-15(28)9-16(29)6-13)3-4-33(12)24(34)19-7-14(26)8-20(21(19)27)36-11-17-10-32-25(35)37-17/h5-9,12,17H,3-4,10-11,30H2,1-2H3,(H,32,35)/t12-,17?/m0/s1. The van der Waals surface area contributed by atoms with E-state index in [9.17, 15) is 18.4 Å². The quantitative estimate of drug-likeness (QED) is 0.519. The van der Waals surface area contributed by atoms with Crippen molar-refractivity contribution >= 4 is 40.9 Å². The molecule has 1 saturated heterocycles. The molecule has 8 nitrogen and oxygen atoms in total. The number of carbonyl (C=O) groups is 2. The van der Waals surface area contributed by atoms with E-state index in [1.54, 1.807) is 6.92 Å². The summed E-state index contributed by atoms with van der Waals surface area (Å²) in [4.78, 5) is 30.5. The number of benzene rings is 2. The molecule has 2 aromatic carbocycles. The average Bonchev–Trinajstić information content (AvgIpc) is 3.26. The Morgan fingerprint density at radius 2 is 1.95 bits per heavy atom. The molecule has 0 saturated carbocycles. The van der Waals surface area contributed by atoms with Gasteiger partial charge >= 0.3 is 6.09 Å². The smallest absolute Gasteiger partial charge is 0.407 e. The van der Waals surface area contributed by atoms with Crippen LogP contribution in [-0.4, -0.2) is 61.5 Å². The molecule has 2 atom stereocenters. The lowest BCUT2D eigenvalue weighted by Crippen LogP contribution is -2.46. The Labute approximate surface area is 222 Å². The van der Waals surface area contributed by atoms with Gasteiger partial charge in [-0.05, 0) is 31.5 Å². The number of alkyl carbamates (subject to hydrolysis) is 1. The number of cyclic esters (lactones) is 1. The first-order valence-corrected chi connectivity index (χ1v) is 12.1. The van der Waals surface area contributed by atoms with Gasteiger partial charge in [0.25, 0.3) is 5.91 Å². The Kier molecular flexibility index (Phi) is 7.89. The molecule has 0 bridgehead atoms. The first-order chi connectivity index (χ1) is 17.6. The van der Waals surface area contributed by atoms with Crippen molar-refractivity contribution in [3.05, 3.63) is 74.4 Å². The molecule has 4 rings (SSSR count). The summed E-state index contributed by atoms with van der Waals surface area (Å²) < 4.78 is 38.4. The van der Waals surface area contributed by atoms with E-state index in [1.165, 1.54) is 36.2 Å². The highest BCUT2D eigenvalue weighted by Gasteiger charge is 2.33. The topological polar surface area (TPSA) is 106 Å². The number of hydrogen-bond donors (Lipinski definition) is 2. The van der Waals surface area contributed by atoms with Crippen molar-refractivity contribution in [1.82, 2.24) is 10.2 Å². The van der Waals surface area contributed by atoms with E-state index in [0.29, 0.717) is 23.4 Å². The fourth-order valence-corrected chi connectivity index (χ4v) is 4.79. The zero-order valence-electron chi connectivity index (χ0n) is 20.0. The Bertz CT molecular complexity index is 1300. The van der Waals surface area contributed by atoms with Gasteiger partial charge in [0.1, 0.15) is 24.0 Å². The first-order valence-electron chi connectivity index (χ1n) is 11.4. The SMILES string of the molecule is CN=C(C1=C(N)[C@H](C)N(C(=O)c2cc(Cl)cc(OCC3CNC(=O)O3)c2Cl)CC1)c1cc(F)cc(F)c1. The maximum Gasteiger partial charge on any atom is 0.407 e. The van der Waals surface area contributed by atoms with Crippen LogP contribution in [0.5, 0.6) is 5.75 Å². The molecular weight excluding hydrogens is 529 g/mol. The van der Waals surface area contributed by atoms with Crippen molar-refractivity contribution in [3.63, 3.8) is 0 Å². The van der Waals surface area contributed by atoms with Crippen molar-refractivity contribution in [3.8, 4) is 5.75 Å². The van der Waals surface area contributed by atoms with Crippen molar-refractivity contribution in [2.45, 2.75) is 25.5 Å². The van der Waals surface area contributed by atoms with Crippen LogP contribution in [-0.2, 0) is 4.74 Å². The van der Waals surface area contributed by atoms with E-state index in [2.05, 4.69) is 10.3 Å². The fourth-order valence-electron chi connectivity index (χ4n) is 4.34. The summed E-state index contributed by atoms with van der Waals surface area (Å²) in [6, 6.07) is 5.48. The monoisotopic (exact) mass is 552 g/mol. The first kappa shape index (κ1) is 26.7. The highest BCUT2D eigenvalue weighted by atomic mass is 35.5. The van der Waals surface area contributed by atoms with Crippen LogP contribution in [0.2, 0.25) is 10.0 Å². The lowest BCUT2D eigenvalue weighted by Gasteiger charge is -2.36. The van der Waals surface area contributed by atoms with Crippen LogP contribution in [0.4, 0.5) is 13.6 Å². The summed E-state index contributed by atoms with van der Waals surface area (Å²) in [5, 5.41) is 2.80. The van der Waals surface area contributed by atoms with Gasteiger partial charge in [-0.3, -0.25) is 9.79 Å². The molecule has 2 amide bonds. The van der Waals surface area contributed by atoms with Gasteiger partial charge in [-0.1, -0.05) is 23.2 Å². The second-order valence-electron chi connectivity index (χ2n) is 8.57. The molecule has 0 aliphatic carbocycles. The average molecular weight is 553 g/mol. The third-order valence-electron chi connectivity index (χ3n) is 6.18. The molecule has 0 aromatic heterocycles. The number of rotatable bonds is 6. The van der Waals surface area contributed by atoms with Gasteiger partial charge < -0.3 is 25.4 Å². The van der Waals surface area contributed by atoms with Crippen LogP contribution in [0.3, 0.4) is 0 Å². The van der Waals surface area contributed by atoms with Gasteiger partial charge in [-0.2, -0.15) is 0 Å². The molecule has 0 spiro atoms. The number of amides is 2. The second kappa shape index (κ2) is 10.9. The maximum atomic E-state index is 13.8. The Balaban J connectivity index is 1.57. The predicted molar refractivity (Wildman–Crippen MR) is 135 cm³/mol. The number of hydrogen-bond acceptors (Lipinski definition) is 6. The predicted octanol–water partition coefficient (Wildman–Crippen LogP) is 4.33. The number of aliphatic imine (C=N–C) groups is 1. The molecule has 1 unspecified atom stereocenters. The molecule has 2 aromatic rings. The zero-order valence-corrected chi connectivity index (χ0v) is 21.5. The van der Waals surface area contributed by atoms with Crippen molar-refractivity contribution < 1.29 is 27.8 Å². The number of ether oxygens (including phenoxy) is 2. The molecular formula is C25H24Cl2F2N4O4. The summed E-state index contributed by atoms with van der Waals surface area (Å²) in [6.07, 6.45) is -0.744. The summed E-state index contributed by atoms with van der Waals surface area (Å²) in [5.74, 6) is -1.71. The van der Waals surface area contributed by atoms with E-state index < -0.39 is 35.8 Å². The summed E-state index contributed by atoms with van der Waals surface area (Å²) in [7, 11) is 1.51. The molecule has 0 radical (unpaired) electrons. The van der Waals surface area contributed by atoms with E-state index >= 15 is 0 Å². The molecule has 2 heterocycles. The highest BCUT2D eigenvalue weighted by molar-refractivity contribution is 6.37. The minimum absolute atomic E-state index is 0.0192. The van der Waals surface area contributed by atoms with E-state index in [1.807, 2.05) is 0 Å². The van der Waals surface area contributed by atoms with E-state index in [4.69, 9.17) is 38.4 Å². The van der Waals surface area contributed by atoms with Crippen molar-refractivity contribution in [2.75, 3.05) is 26.7 Å². The largest absolute Gasteiger partial charge is 0.488 e. The van der Waals surface area contributed by atoms with Crippen LogP contribution in [0.15, 0.2) is 46.6 Å². The maximum absolute atomic E-state index is 13.8. The van der Waals surface area contributed by atoms with E-state index in [0.717, 1.165) is 6.07 Å². The van der Waals surface area contributed by atoms with Crippen LogP contribution < -0.4 is 15.8 Å². The number of nitrogens with zero attached hydrogens (tertiary/aromatic N) is 2. The Hall–Kier alpha value is -3.37. The van der Waals surface area contributed by atoms with Crippen LogP contribution >= 0.6 is 23.2 Å². The van der Waals surface area contributed by atoms with Gasteiger partial charge in [-0.15, -0.1) is 0 Å². The van der Waals surface area contributed by atoms with Gasteiger partial charge in [0.2, 0.25) is 0 Å². The molecule has 2 aliphatic rings. The van der Waals surface area contributed by atoms with Gasteiger partial charge in [0.05, 0.1) is 28.9 Å².